The summed E-state index contributed by atoms with van der Waals surface area (Å²) in [5.41, 5.74) is 0.159. The third-order valence-electron chi connectivity index (χ3n) is 2.49. The largest absolute Gasteiger partial charge is 0.502 e. The molecular formula is C13H15BrO6. The van der Waals surface area contributed by atoms with Gasteiger partial charge in [-0.3, -0.25) is 9.59 Å². The van der Waals surface area contributed by atoms with Crippen LogP contribution in [0.3, 0.4) is 0 Å². The van der Waals surface area contributed by atoms with Gasteiger partial charge in [0.15, 0.2) is 22.1 Å². The van der Waals surface area contributed by atoms with Crippen molar-refractivity contribution in [2.45, 2.75) is 11.8 Å². The fourth-order valence-corrected chi connectivity index (χ4v) is 1.90. The van der Waals surface area contributed by atoms with Gasteiger partial charge in [0.1, 0.15) is 0 Å². The number of carbonyl (C=O) groups is 2. The van der Waals surface area contributed by atoms with Gasteiger partial charge in [-0.2, -0.15) is 0 Å². The fourth-order valence-electron chi connectivity index (χ4n) is 1.50. The highest BCUT2D eigenvalue weighted by Crippen LogP contribution is 2.37. The molecule has 0 aliphatic carbocycles. The fraction of sp³-hybridized carbons (Fsp3) is 0.385. The van der Waals surface area contributed by atoms with Crippen LogP contribution in [0, 0.1) is 0 Å². The minimum atomic E-state index is -1.12. The Morgan fingerprint density at radius 1 is 1.25 bits per heavy atom. The van der Waals surface area contributed by atoms with Crippen LogP contribution in [-0.4, -0.2) is 42.5 Å². The molecule has 0 radical (unpaired) electrons. The first-order valence-electron chi connectivity index (χ1n) is 5.76. The van der Waals surface area contributed by atoms with Crippen molar-refractivity contribution in [3.8, 4) is 17.2 Å². The number of ether oxygens (including phenoxy) is 3. The zero-order chi connectivity index (χ0) is 15.3. The van der Waals surface area contributed by atoms with E-state index < -0.39 is 16.6 Å². The summed E-state index contributed by atoms with van der Waals surface area (Å²) in [6, 6.07) is 2.65. The third-order valence-corrected chi connectivity index (χ3v) is 3.28. The summed E-state index contributed by atoms with van der Waals surface area (Å²) in [5.74, 6) is -1.25. The number of hydrogen-bond donors (Lipinski definition) is 1. The highest BCUT2D eigenvalue weighted by molar-refractivity contribution is 9.10. The van der Waals surface area contributed by atoms with Crippen LogP contribution in [0.25, 0.3) is 0 Å². The monoisotopic (exact) mass is 346 g/mol. The number of ketones is 1. The number of aromatic hydroxyl groups is 1. The molecule has 20 heavy (non-hydrogen) atoms. The topological polar surface area (TPSA) is 82.1 Å². The average Bonchev–Trinajstić information content (AvgIpc) is 2.46. The van der Waals surface area contributed by atoms with E-state index in [4.69, 9.17) is 14.2 Å². The maximum Gasteiger partial charge on any atom is 0.327 e. The lowest BCUT2D eigenvalue weighted by molar-refractivity contribution is -0.141. The number of phenolic OH excluding ortho intramolecular Hbond substituents is 1. The molecule has 1 aromatic rings. The number of methoxy groups -OCH3 is 2. The summed E-state index contributed by atoms with van der Waals surface area (Å²) < 4.78 is 14.7. The van der Waals surface area contributed by atoms with Crippen molar-refractivity contribution in [2.75, 3.05) is 20.8 Å². The van der Waals surface area contributed by atoms with Crippen LogP contribution >= 0.6 is 15.9 Å². The number of halogens is 1. The Morgan fingerprint density at radius 2 is 1.75 bits per heavy atom. The van der Waals surface area contributed by atoms with Crippen molar-refractivity contribution in [3.05, 3.63) is 17.7 Å². The quantitative estimate of drug-likeness (QED) is 0.366. The normalized spacial score (nSPS) is 11.6. The van der Waals surface area contributed by atoms with Crippen LogP contribution in [0.2, 0.25) is 0 Å². The molecule has 1 unspecified atom stereocenters. The van der Waals surface area contributed by atoms with Gasteiger partial charge >= 0.3 is 5.97 Å². The summed E-state index contributed by atoms with van der Waals surface area (Å²) in [5, 5.41) is 9.76. The van der Waals surface area contributed by atoms with Gasteiger partial charge in [-0.1, -0.05) is 15.9 Å². The van der Waals surface area contributed by atoms with Gasteiger partial charge in [0, 0.05) is 5.56 Å². The molecule has 0 aromatic heterocycles. The summed E-state index contributed by atoms with van der Waals surface area (Å²) >= 11 is 2.99. The number of rotatable bonds is 6. The number of esters is 1. The van der Waals surface area contributed by atoms with Gasteiger partial charge in [0.05, 0.1) is 20.8 Å². The molecule has 110 valence electrons. The molecular weight excluding hydrogens is 332 g/mol. The Morgan fingerprint density at radius 3 is 2.15 bits per heavy atom. The first-order chi connectivity index (χ1) is 9.46. The van der Waals surface area contributed by atoms with E-state index in [-0.39, 0.29) is 29.4 Å². The van der Waals surface area contributed by atoms with Gasteiger partial charge in [0.2, 0.25) is 5.75 Å². The maximum atomic E-state index is 12.2. The van der Waals surface area contributed by atoms with Gasteiger partial charge < -0.3 is 19.3 Å². The van der Waals surface area contributed by atoms with Crippen LogP contribution in [0.5, 0.6) is 17.2 Å². The van der Waals surface area contributed by atoms with Crippen molar-refractivity contribution in [1.82, 2.24) is 0 Å². The SMILES string of the molecule is CCOC(=O)C(Br)C(=O)c1cc(OC)c(O)c(OC)c1. The Bertz CT molecular complexity index is 489. The minimum Gasteiger partial charge on any atom is -0.502 e. The van der Waals surface area contributed by atoms with E-state index in [1.807, 2.05) is 0 Å². The zero-order valence-electron chi connectivity index (χ0n) is 11.3. The second-order valence-corrected chi connectivity index (χ2v) is 4.62. The van der Waals surface area contributed by atoms with E-state index in [1.54, 1.807) is 6.92 Å². The Balaban J connectivity index is 3.13. The second kappa shape index (κ2) is 7.14. The Hall–Kier alpha value is -1.76. The molecule has 0 aliphatic heterocycles. The molecule has 1 N–H and O–H groups in total. The van der Waals surface area contributed by atoms with Gasteiger partial charge in [-0.05, 0) is 19.1 Å². The number of benzene rings is 1. The first kappa shape index (κ1) is 16.3. The number of Topliss-reactive ketones (excluding diaryl/α,β-unsaturated/α-hetero) is 1. The molecule has 7 heteroatoms. The lowest BCUT2D eigenvalue weighted by Crippen LogP contribution is -2.26. The predicted molar refractivity (Wildman–Crippen MR) is 74.9 cm³/mol. The van der Waals surface area contributed by atoms with E-state index >= 15 is 0 Å². The number of phenols is 1. The Labute approximate surface area is 124 Å². The summed E-state index contributed by atoms with van der Waals surface area (Å²) in [6.07, 6.45) is 0. The van der Waals surface area contributed by atoms with E-state index in [0.717, 1.165) is 0 Å². The van der Waals surface area contributed by atoms with Crippen molar-refractivity contribution in [2.24, 2.45) is 0 Å². The average molecular weight is 347 g/mol. The van der Waals surface area contributed by atoms with Gasteiger partial charge in [-0.15, -0.1) is 0 Å². The van der Waals surface area contributed by atoms with Crippen molar-refractivity contribution < 1.29 is 28.9 Å². The maximum absolute atomic E-state index is 12.2. The highest BCUT2D eigenvalue weighted by atomic mass is 79.9. The molecule has 0 bridgehead atoms. The molecule has 0 fully saturated rings. The van der Waals surface area contributed by atoms with Crippen LogP contribution in [0.4, 0.5) is 0 Å². The summed E-state index contributed by atoms with van der Waals surface area (Å²) in [6.45, 7) is 1.82. The van der Waals surface area contributed by atoms with Crippen LogP contribution in [0.1, 0.15) is 17.3 Å². The molecule has 0 saturated heterocycles. The van der Waals surface area contributed by atoms with Gasteiger partial charge in [0.25, 0.3) is 0 Å². The molecule has 1 rings (SSSR count). The second-order valence-electron chi connectivity index (χ2n) is 3.71. The number of carbonyl (C=O) groups excluding carboxylic acids is 2. The van der Waals surface area contributed by atoms with Crippen molar-refractivity contribution >= 4 is 27.7 Å². The third kappa shape index (κ3) is 3.41. The lowest BCUT2D eigenvalue weighted by Gasteiger charge is -2.12. The van der Waals surface area contributed by atoms with Crippen LogP contribution in [-0.2, 0) is 9.53 Å². The Kier molecular flexibility index (Phi) is 5.82. The molecule has 0 saturated carbocycles. The molecule has 6 nitrogen and oxygen atoms in total. The number of alkyl halides is 1. The molecule has 1 atom stereocenters. The molecule has 0 spiro atoms. The predicted octanol–water partition coefficient (Wildman–Crippen LogP) is 1.92. The van der Waals surface area contributed by atoms with E-state index in [9.17, 15) is 14.7 Å². The van der Waals surface area contributed by atoms with Crippen molar-refractivity contribution in [3.63, 3.8) is 0 Å². The zero-order valence-corrected chi connectivity index (χ0v) is 12.9. The van der Waals surface area contributed by atoms with Crippen molar-refractivity contribution in [1.29, 1.82) is 0 Å². The summed E-state index contributed by atoms with van der Waals surface area (Å²) in [4.78, 5) is 22.6. The molecule has 1 aromatic carbocycles. The smallest absolute Gasteiger partial charge is 0.327 e. The molecule has 0 aliphatic rings. The lowest BCUT2D eigenvalue weighted by atomic mass is 10.1. The minimum absolute atomic E-state index is 0.0799. The first-order valence-corrected chi connectivity index (χ1v) is 6.67. The standard InChI is InChI=1S/C13H15BrO6/c1-4-20-13(17)10(14)11(15)7-5-8(18-2)12(16)9(6-7)19-3/h5-6,10,16H,4H2,1-3H3. The number of hydrogen-bond acceptors (Lipinski definition) is 6. The molecule has 0 amide bonds. The summed E-state index contributed by atoms with van der Waals surface area (Å²) in [7, 11) is 2.69. The highest BCUT2D eigenvalue weighted by Gasteiger charge is 2.27. The van der Waals surface area contributed by atoms with Crippen LogP contribution in [0.15, 0.2) is 12.1 Å². The van der Waals surface area contributed by atoms with E-state index in [0.29, 0.717) is 0 Å². The molecule has 0 heterocycles. The van der Waals surface area contributed by atoms with E-state index in [1.165, 1.54) is 26.4 Å². The van der Waals surface area contributed by atoms with Gasteiger partial charge in [-0.25, -0.2) is 0 Å². The van der Waals surface area contributed by atoms with Crippen LogP contribution < -0.4 is 9.47 Å². The van der Waals surface area contributed by atoms with E-state index in [2.05, 4.69) is 15.9 Å².